The van der Waals surface area contributed by atoms with E-state index in [0.29, 0.717) is 15.6 Å². The molecule has 6 heteroatoms. The second-order valence-electron chi connectivity index (χ2n) is 8.09. The van der Waals surface area contributed by atoms with Gasteiger partial charge in [0.05, 0.1) is 17.3 Å². The van der Waals surface area contributed by atoms with Crippen molar-refractivity contribution < 1.29 is 4.79 Å². The highest BCUT2D eigenvalue weighted by Gasteiger charge is 2.43. The lowest BCUT2D eigenvalue weighted by Gasteiger charge is -2.29. The fraction of sp³-hybridized carbons (Fsp3) is 0.192. The molecular formula is C26H21Cl2N3O. The van der Waals surface area contributed by atoms with Gasteiger partial charge in [-0.05, 0) is 78.4 Å². The number of carbonyl (C=O) groups is 1. The molecule has 3 aromatic rings. The van der Waals surface area contributed by atoms with Crippen molar-refractivity contribution >= 4 is 40.9 Å². The normalized spacial score (nSPS) is 21.4. The number of hydrazone groups is 1. The molecule has 1 amide bonds. The van der Waals surface area contributed by atoms with Crippen molar-refractivity contribution in [3.8, 4) is 0 Å². The molecule has 2 aliphatic rings. The second-order valence-corrected chi connectivity index (χ2v) is 8.97. The molecule has 5 rings (SSSR count). The highest BCUT2D eigenvalue weighted by atomic mass is 35.5. The first-order valence-corrected chi connectivity index (χ1v) is 11.4. The van der Waals surface area contributed by atoms with E-state index in [1.54, 1.807) is 29.5 Å². The van der Waals surface area contributed by atoms with Gasteiger partial charge in [0.25, 0.3) is 5.91 Å². The summed E-state index contributed by atoms with van der Waals surface area (Å²) in [5, 5.41) is 7.93. The predicted molar refractivity (Wildman–Crippen MR) is 129 cm³/mol. The number of hydrogen-bond donors (Lipinski definition) is 0. The number of rotatable bonds is 3. The Labute approximate surface area is 197 Å². The van der Waals surface area contributed by atoms with Crippen LogP contribution in [0.2, 0.25) is 10.0 Å². The molecule has 0 spiro atoms. The monoisotopic (exact) mass is 461 g/mol. The van der Waals surface area contributed by atoms with E-state index in [4.69, 9.17) is 28.3 Å². The molecule has 32 heavy (non-hydrogen) atoms. The average Bonchev–Trinajstić information content (AvgIpc) is 3.22. The van der Waals surface area contributed by atoms with Gasteiger partial charge in [-0.15, -0.1) is 0 Å². The van der Waals surface area contributed by atoms with Crippen LogP contribution in [0.4, 0.5) is 0 Å². The Balaban J connectivity index is 1.57. The van der Waals surface area contributed by atoms with E-state index in [0.717, 1.165) is 36.1 Å². The number of pyridine rings is 1. The number of nitrogens with zero attached hydrogens (tertiary/aromatic N) is 3. The molecule has 0 radical (unpaired) electrons. The number of fused-ring (bicyclic) bond motifs is 1. The summed E-state index contributed by atoms with van der Waals surface area (Å²) in [5.74, 6) is -0.0186. The largest absolute Gasteiger partial charge is 0.276 e. The summed E-state index contributed by atoms with van der Waals surface area (Å²) in [5.41, 5.74) is 4.79. The molecule has 160 valence electrons. The zero-order valence-electron chi connectivity index (χ0n) is 17.3. The minimum atomic E-state index is -0.177. The maximum absolute atomic E-state index is 13.5. The van der Waals surface area contributed by atoms with E-state index in [-0.39, 0.29) is 17.9 Å². The van der Waals surface area contributed by atoms with E-state index in [9.17, 15) is 4.79 Å². The fourth-order valence-electron chi connectivity index (χ4n) is 4.54. The van der Waals surface area contributed by atoms with Crippen molar-refractivity contribution in [2.45, 2.75) is 25.3 Å². The summed E-state index contributed by atoms with van der Waals surface area (Å²) in [6, 6.07) is 18.9. The number of carbonyl (C=O) groups excluding carboxylic acids is 1. The number of allylic oxidation sites excluding steroid dienone is 1. The minimum absolute atomic E-state index is 0.129. The van der Waals surface area contributed by atoms with Crippen LogP contribution in [0.3, 0.4) is 0 Å². The third kappa shape index (κ3) is 4.08. The Bertz CT molecular complexity index is 1190. The van der Waals surface area contributed by atoms with Crippen LogP contribution in [0, 0.1) is 5.92 Å². The highest BCUT2D eigenvalue weighted by molar-refractivity contribution is 6.30. The van der Waals surface area contributed by atoms with Gasteiger partial charge in [0.2, 0.25) is 0 Å². The molecule has 1 saturated carbocycles. The summed E-state index contributed by atoms with van der Waals surface area (Å²) < 4.78 is 0. The molecule has 0 saturated heterocycles. The Kier molecular flexibility index (Phi) is 5.81. The van der Waals surface area contributed by atoms with Crippen LogP contribution in [0.5, 0.6) is 0 Å². The SMILES string of the molecule is O=C(c1cccnc1)N1N=C2C(=Cc3ccc(Cl)cc3)CCCC2C1c1ccc(Cl)cc1. The van der Waals surface area contributed by atoms with Crippen molar-refractivity contribution in [1.82, 2.24) is 9.99 Å². The first-order valence-electron chi connectivity index (χ1n) is 10.6. The van der Waals surface area contributed by atoms with Gasteiger partial charge in [-0.2, -0.15) is 5.10 Å². The third-order valence-electron chi connectivity index (χ3n) is 6.04. The second kappa shape index (κ2) is 8.89. The Hall–Kier alpha value is -2.95. The Morgan fingerprint density at radius 1 is 1.00 bits per heavy atom. The van der Waals surface area contributed by atoms with E-state index in [1.165, 1.54) is 5.57 Å². The van der Waals surface area contributed by atoms with Crippen LogP contribution >= 0.6 is 23.2 Å². The van der Waals surface area contributed by atoms with E-state index < -0.39 is 0 Å². The molecule has 1 fully saturated rings. The smallest absolute Gasteiger partial charge is 0.267 e. The molecular weight excluding hydrogens is 441 g/mol. The standard InChI is InChI=1S/C26H21Cl2N3O/c27-21-10-6-17(7-11-21)15-19-3-1-5-23-24(19)30-31(26(32)20-4-2-14-29-16-20)25(23)18-8-12-22(28)13-9-18/h2,4,6-16,23,25H,1,3,5H2. The quantitative estimate of drug-likeness (QED) is 0.429. The Morgan fingerprint density at radius 3 is 2.41 bits per heavy atom. The summed E-state index contributed by atoms with van der Waals surface area (Å²) in [6.07, 6.45) is 8.37. The lowest BCUT2D eigenvalue weighted by molar-refractivity contribution is 0.0680. The van der Waals surface area contributed by atoms with Crippen LogP contribution in [-0.2, 0) is 0 Å². The molecule has 2 unspecified atom stereocenters. The number of amides is 1. The van der Waals surface area contributed by atoms with E-state index >= 15 is 0 Å². The fourth-order valence-corrected chi connectivity index (χ4v) is 4.79. The van der Waals surface area contributed by atoms with Gasteiger partial charge in [-0.25, -0.2) is 5.01 Å². The molecule has 1 aliphatic carbocycles. The molecule has 4 nitrogen and oxygen atoms in total. The first-order chi connectivity index (χ1) is 15.6. The van der Waals surface area contributed by atoms with E-state index in [1.807, 2.05) is 48.5 Å². The predicted octanol–water partition coefficient (Wildman–Crippen LogP) is 6.83. The first kappa shape index (κ1) is 20.9. The zero-order valence-corrected chi connectivity index (χ0v) is 18.8. The van der Waals surface area contributed by atoms with Gasteiger partial charge >= 0.3 is 0 Å². The van der Waals surface area contributed by atoms with Crippen molar-refractivity contribution in [1.29, 1.82) is 0 Å². The zero-order chi connectivity index (χ0) is 22.1. The Morgan fingerprint density at radius 2 is 1.72 bits per heavy atom. The molecule has 2 atom stereocenters. The van der Waals surface area contributed by atoms with Crippen LogP contribution in [0.25, 0.3) is 6.08 Å². The average molecular weight is 462 g/mol. The van der Waals surface area contributed by atoms with Crippen LogP contribution in [0.1, 0.15) is 46.8 Å². The third-order valence-corrected chi connectivity index (χ3v) is 6.54. The number of aromatic nitrogens is 1. The van der Waals surface area contributed by atoms with Crippen molar-refractivity contribution in [2.75, 3.05) is 0 Å². The molecule has 1 aromatic heterocycles. The number of halogens is 2. The summed E-state index contributed by atoms with van der Waals surface area (Å²) in [4.78, 5) is 17.6. The molecule has 0 bridgehead atoms. The van der Waals surface area contributed by atoms with Gasteiger partial charge in [0.15, 0.2) is 0 Å². The molecule has 2 aromatic carbocycles. The maximum Gasteiger partial charge on any atom is 0.276 e. The molecule has 2 heterocycles. The van der Waals surface area contributed by atoms with Crippen LogP contribution in [0.15, 0.2) is 83.7 Å². The van der Waals surface area contributed by atoms with Gasteiger partial charge in [-0.1, -0.05) is 47.5 Å². The lowest BCUT2D eigenvalue weighted by Crippen LogP contribution is -2.32. The number of benzene rings is 2. The van der Waals surface area contributed by atoms with Gasteiger partial charge in [0, 0.05) is 28.4 Å². The van der Waals surface area contributed by atoms with Gasteiger partial charge in [-0.3, -0.25) is 9.78 Å². The van der Waals surface area contributed by atoms with E-state index in [2.05, 4.69) is 11.1 Å². The molecule has 1 aliphatic heterocycles. The summed E-state index contributed by atoms with van der Waals surface area (Å²) >= 11 is 12.2. The van der Waals surface area contributed by atoms with Crippen molar-refractivity contribution in [3.63, 3.8) is 0 Å². The number of hydrogen-bond acceptors (Lipinski definition) is 3. The van der Waals surface area contributed by atoms with Gasteiger partial charge in [0.1, 0.15) is 0 Å². The van der Waals surface area contributed by atoms with Gasteiger partial charge < -0.3 is 0 Å². The van der Waals surface area contributed by atoms with Crippen molar-refractivity contribution in [3.05, 3.63) is 105 Å². The maximum atomic E-state index is 13.5. The topological polar surface area (TPSA) is 45.6 Å². The van der Waals surface area contributed by atoms with Crippen LogP contribution < -0.4 is 0 Å². The highest BCUT2D eigenvalue weighted by Crippen LogP contribution is 2.45. The summed E-state index contributed by atoms with van der Waals surface area (Å²) in [6.45, 7) is 0. The van der Waals surface area contributed by atoms with Crippen LogP contribution in [-0.4, -0.2) is 21.6 Å². The minimum Gasteiger partial charge on any atom is -0.267 e. The summed E-state index contributed by atoms with van der Waals surface area (Å²) in [7, 11) is 0. The molecule has 0 N–H and O–H groups in total. The van der Waals surface area contributed by atoms with Crippen molar-refractivity contribution in [2.24, 2.45) is 11.0 Å². The lowest BCUT2D eigenvalue weighted by atomic mass is 9.77.